The molecule has 6 nitrogen and oxygen atoms in total. The number of thiophene rings is 1. The second-order valence-electron chi connectivity index (χ2n) is 8.37. The molecule has 1 fully saturated rings. The Morgan fingerprint density at radius 2 is 2.07 bits per heavy atom. The molecular formula is C22H26N2O4S. The molecule has 1 aromatic carbocycles. The summed E-state index contributed by atoms with van der Waals surface area (Å²) in [5.74, 6) is 0.628. The maximum Gasteiger partial charge on any atom is 0.264 e. The number of carbonyl (C=O) groups is 2. The van der Waals surface area contributed by atoms with E-state index in [4.69, 9.17) is 4.74 Å². The van der Waals surface area contributed by atoms with Crippen molar-refractivity contribution in [1.29, 1.82) is 0 Å². The molecule has 1 N–H and O–H groups in total. The Balaban J connectivity index is 1.72. The highest BCUT2D eigenvalue weighted by atomic mass is 32.1. The number of hydrogen-bond acceptors (Lipinski definition) is 5. The van der Waals surface area contributed by atoms with Gasteiger partial charge in [-0.15, -0.1) is 11.3 Å². The van der Waals surface area contributed by atoms with Gasteiger partial charge in [0, 0.05) is 37.5 Å². The number of β-amino-alcohol motifs (C(OH)–C–C–N with tert-alkyl or cyclic N) is 1. The summed E-state index contributed by atoms with van der Waals surface area (Å²) in [6, 6.07) is 11.3. The molecule has 2 aliphatic rings. The van der Waals surface area contributed by atoms with Crippen LogP contribution in [0.15, 0.2) is 41.8 Å². The number of ether oxygens (including phenoxy) is 1. The molecule has 1 saturated heterocycles. The van der Waals surface area contributed by atoms with E-state index in [-0.39, 0.29) is 36.7 Å². The molecule has 2 amide bonds. The lowest BCUT2D eigenvalue weighted by molar-refractivity contribution is -0.137. The summed E-state index contributed by atoms with van der Waals surface area (Å²) in [6.45, 7) is 4.87. The van der Waals surface area contributed by atoms with Crippen LogP contribution in [0.4, 0.5) is 0 Å². The SMILES string of the molecule is CC(C)(O)CN1C[C@H]2COc3ccccc3[C@H]2N(C(=O)c2cccs2)CCC1=O. The van der Waals surface area contributed by atoms with Crippen LogP contribution in [-0.4, -0.2) is 58.6 Å². The second kappa shape index (κ2) is 7.80. The predicted molar refractivity (Wildman–Crippen MR) is 111 cm³/mol. The molecule has 1 aromatic heterocycles. The fourth-order valence-electron chi connectivity index (χ4n) is 4.26. The molecule has 4 rings (SSSR count). The van der Waals surface area contributed by atoms with Crippen LogP contribution in [0.25, 0.3) is 0 Å². The first-order chi connectivity index (χ1) is 13.8. The number of benzene rings is 1. The number of amides is 2. The predicted octanol–water partition coefficient (Wildman–Crippen LogP) is 2.94. The number of para-hydroxylation sites is 1. The van der Waals surface area contributed by atoms with E-state index in [1.54, 1.807) is 18.7 Å². The maximum atomic E-state index is 13.3. The van der Waals surface area contributed by atoms with Crippen molar-refractivity contribution in [3.05, 3.63) is 52.2 Å². The third-order valence-corrected chi connectivity index (χ3v) is 6.28. The molecule has 0 spiro atoms. The Labute approximate surface area is 174 Å². The summed E-state index contributed by atoms with van der Waals surface area (Å²) in [4.78, 5) is 30.4. The normalized spacial score (nSPS) is 22.2. The van der Waals surface area contributed by atoms with E-state index >= 15 is 0 Å². The van der Waals surface area contributed by atoms with Crippen LogP contribution in [0.2, 0.25) is 0 Å². The lowest BCUT2D eigenvalue weighted by atomic mass is 9.87. The first kappa shape index (κ1) is 19.9. The number of nitrogens with zero attached hydrogens (tertiary/aromatic N) is 2. The molecule has 3 heterocycles. The largest absolute Gasteiger partial charge is 0.493 e. The molecule has 0 aliphatic carbocycles. The fourth-order valence-corrected chi connectivity index (χ4v) is 4.94. The second-order valence-corrected chi connectivity index (χ2v) is 9.31. The van der Waals surface area contributed by atoms with Crippen LogP contribution in [0, 0.1) is 5.92 Å². The van der Waals surface area contributed by atoms with E-state index < -0.39 is 5.60 Å². The minimum Gasteiger partial charge on any atom is -0.493 e. The van der Waals surface area contributed by atoms with Crippen LogP contribution in [0.3, 0.4) is 0 Å². The van der Waals surface area contributed by atoms with Crippen molar-refractivity contribution in [2.24, 2.45) is 5.92 Å². The Morgan fingerprint density at radius 3 is 2.79 bits per heavy atom. The summed E-state index contributed by atoms with van der Waals surface area (Å²) in [5.41, 5.74) is -0.00391. The molecule has 0 bridgehead atoms. The smallest absolute Gasteiger partial charge is 0.264 e. The Kier molecular flexibility index (Phi) is 5.36. The Hall–Kier alpha value is -2.38. The quantitative estimate of drug-likeness (QED) is 0.838. The van der Waals surface area contributed by atoms with Crippen molar-refractivity contribution in [2.75, 3.05) is 26.2 Å². The van der Waals surface area contributed by atoms with Crippen molar-refractivity contribution < 1.29 is 19.4 Å². The van der Waals surface area contributed by atoms with Crippen molar-refractivity contribution in [1.82, 2.24) is 9.80 Å². The van der Waals surface area contributed by atoms with Gasteiger partial charge in [0.15, 0.2) is 0 Å². The third-order valence-electron chi connectivity index (χ3n) is 5.42. The zero-order valence-corrected chi connectivity index (χ0v) is 17.5. The Morgan fingerprint density at radius 1 is 1.28 bits per heavy atom. The van der Waals surface area contributed by atoms with Crippen LogP contribution < -0.4 is 4.74 Å². The molecular weight excluding hydrogens is 388 g/mol. The number of rotatable bonds is 3. The molecule has 0 unspecified atom stereocenters. The van der Waals surface area contributed by atoms with Gasteiger partial charge in [0.1, 0.15) is 5.75 Å². The number of aliphatic hydroxyl groups is 1. The van der Waals surface area contributed by atoms with Gasteiger partial charge in [0.05, 0.1) is 23.1 Å². The van der Waals surface area contributed by atoms with Crippen LogP contribution >= 0.6 is 11.3 Å². The minimum atomic E-state index is -0.982. The van der Waals surface area contributed by atoms with Gasteiger partial charge in [0.2, 0.25) is 5.91 Å². The summed E-state index contributed by atoms with van der Waals surface area (Å²) < 4.78 is 5.99. The highest BCUT2D eigenvalue weighted by molar-refractivity contribution is 7.12. The van der Waals surface area contributed by atoms with Crippen molar-refractivity contribution in [3.63, 3.8) is 0 Å². The fraction of sp³-hybridized carbons (Fsp3) is 0.455. The molecule has 0 saturated carbocycles. The highest BCUT2D eigenvalue weighted by Crippen LogP contribution is 2.41. The van der Waals surface area contributed by atoms with Gasteiger partial charge in [-0.2, -0.15) is 0 Å². The third kappa shape index (κ3) is 4.16. The van der Waals surface area contributed by atoms with E-state index in [0.29, 0.717) is 24.6 Å². The van der Waals surface area contributed by atoms with Gasteiger partial charge in [0.25, 0.3) is 5.91 Å². The maximum absolute atomic E-state index is 13.3. The van der Waals surface area contributed by atoms with E-state index in [2.05, 4.69) is 0 Å². The average molecular weight is 415 g/mol. The molecule has 0 radical (unpaired) electrons. The monoisotopic (exact) mass is 414 g/mol. The number of fused-ring (bicyclic) bond motifs is 3. The molecule has 2 aromatic rings. The molecule has 29 heavy (non-hydrogen) atoms. The number of carbonyl (C=O) groups excluding carboxylic acids is 2. The van der Waals surface area contributed by atoms with Crippen LogP contribution in [0.1, 0.15) is 41.5 Å². The van der Waals surface area contributed by atoms with E-state index in [1.165, 1.54) is 11.3 Å². The first-order valence-electron chi connectivity index (χ1n) is 9.90. The topological polar surface area (TPSA) is 70.1 Å². The van der Waals surface area contributed by atoms with Gasteiger partial charge < -0.3 is 19.6 Å². The standard InChI is InChI=1S/C22H26N2O4S/c1-22(2,27)14-23-12-15-13-28-17-7-4-3-6-16(17)20(15)24(10-9-19(23)25)21(26)18-8-5-11-29-18/h3-8,11,15,20,27H,9-10,12-14H2,1-2H3/t15-,20-/m0/s1. The van der Waals surface area contributed by atoms with Gasteiger partial charge in [-0.1, -0.05) is 24.3 Å². The number of hydrogen-bond donors (Lipinski definition) is 1. The van der Waals surface area contributed by atoms with Gasteiger partial charge >= 0.3 is 0 Å². The van der Waals surface area contributed by atoms with E-state index in [9.17, 15) is 14.7 Å². The van der Waals surface area contributed by atoms with E-state index in [1.807, 2.05) is 46.7 Å². The summed E-state index contributed by atoms with van der Waals surface area (Å²) in [7, 11) is 0. The highest BCUT2D eigenvalue weighted by Gasteiger charge is 2.41. The minimum absolute atomic E-state index is 0.0459. The van der Waals surface area contributed by atoms with Crippen LogP contribution in [0.5, 0.6) is 5.75 Å². The van der Waals surface area contributed by atoms with Crippen molar-refractivity contribution in [2.45, 2.75) is 31.9 Å². The molecule has 2 aliphatic heterocycles. The van der Waals surface area contributed by atoms with Crippen molar-refractivity contribution in [3.8, 4) is 5.75 Å². The van der Waals surface area contributed by atoms with Gasteiger partial charge in [-0.25, -0.2) is 0 Å². The zero-order chi connectivity index (χ0) is 20.6. The van der Waals surface area contributed by atoms with E-state index in [0.717, 1.165) is 11.3 Å². The van der Waals surface area contributed by atoms with Crippen LogP contribution in [-0.2, 0) is 4.79 Å². The summed E-state index contributed by atoms with van der Waals surface area (Å²) in [6.07, 6.45) is 0.236. The molecule has 154 valence electrons. The Bertz CT molecular complexity index is 890. The average Bonchev–Trinajstić information content (AvgIpc) is 3.21. The van der Waals surface area contributed by atoms with Gasteiger partial charge in [-0.05, 0) is 31.4 Å². The zero-order valence-electron chi connectivity index (χ0n) is 16.7. The molecule has 7 heteroatoms. The van der Waals surface area contributed by atoms with Crippen molar-refractivity contribution >= 4 is 23.2 Å². The first-order valence-corrected chi connectivity index (χ1v) is 10.8. The molecule has 2 atom stereocenters. The van der Waals surface area contributed by atoms with Gasteiger partial charge in [-0.3, -0.25) is 9.59 Å². The lowest BCUT2D eigenvalue weighted by Crippen LogP contribution is -2.53. The lowest BCUT2D eigenvalue weighted by Gasteiger charge is -2.45. The summed E-state index contributed by atoms with van der Waals surface area (Å²) >= 11 is 1.42. The summed E-state index contributed by atoms with van der Waals surface area (Å²) in [5, 5.41) is 12.2.